The summed E-state index contributed by atoms with van der Waals surface area (Å²) in [4.78, 5) is 24.5. The van der Waals surface area contributed by atoms with E-state index in [0.717, 1.165) is 12.8 Å². The van der Waals surface area contributed by atoms with E-state index in [1.165, 1.54) is 17.8 Å². The van der Waals surface area contributed by atoms with Gasteiger partial charge in [-0.2, -0.15) is 0 Å². The normalized spacial score (nSPS) is 26.5. The van der Waals surface area contributed by atoms with Gasteiger partial charge in [-0.3, -0.25) is 4.79 Å². The molecule has 0 bridgehead atoms. The van der Waals surface area contributed by atoms with Gasteiger partial charge in [0.2, 0.25) is 0 Å². The standard InChI is InChI=1S/C16H22O3S/c1-10(2)12-7-6-11(3)9-13(12)19-16(18)15(17)14-5-4-8-20-14/h4-5,8,10-13H,6-7,9H2,1-3H3/t11-,12+,13+/m1/s1. The summed E-state index contributed by atoms with van der Waals surface area (Å²) >= 11 is 1.28. The lowest BCUT2D eigenvalue weighted by atomic mass is 9.75. The average molecular weight is 294 g/mol. The third kappa shape index (κ3) is 3.48. The summed E-state index contributed by atoms with van der Waals surface area (Å²) in [6.45, 7) is 6.49. The van der Waals surface area contributed by atoms with Crippen LogP contribution in [-0.2, 0) is 9.53 Å². The van der Waals surface area contributed by atoms with Crippen molar-refractivity contribution in [3.63, 3.8) is 0 Å². The fourth-order valence-electron chi connectivity index (χ4n) is 2.95. The predicted molar refractivity (Wildman–Crippen MR) is 79.9 cm³/mol. The minimum atomic E-state index is -0.697. The second-order valence-electron chi connectivity index (χ2n) is 6.08. The number of hydrogen-bond acceptors (Lipinski definition) is 4. The van der Waals surface area contributed by atoms with Gasteiger partial charge in [0.05, 0.1) is 4.88 Å². The number of hydrogen-bond donors (Lipinski definition) is 0. The number of ketones is 1. The monoisotopic (exact) mass is 294 g/mol. The first-order valence-corrected chi connectivity index (χ1v) is 8.15. The number of carbonyl (C=O) groups is 2. The molecule has 1 aliphatic carbocycles. The van der Waals surface area contributed by atoms with Gasteiger partial charge in [-0.05, 0) is 42.0 Å². The van der Waals surface area contributed by atoms with Gasteiger partial charge in [-0.1, -0.05) is 33.3 Å². The second-order valence-corrected chi connectivity index (χ2v) is 7.02. The van der Waals surface area contributed by atoms with Crippen LogP contribution >= 0.6 is 11.3 Å². The highest BCUT2D eigenvalue weighted by Crippen LogP contribution is 2.35. The molecule has 3 nitrogen and oxygen atoms in total. The Labute approximate surface area is 124 Å². The summed E-state index contributed by atoms with van der Waals surface area (Å²) in [6.07, 6.45) is 3.00. The molecule has 0 amide bonds. The van der Waals surface area contributed by atoms with E-state index in [9.17, 15) is 9.59 Å². The number of esters is 1. The first kappa shape index (κ1) is 15.2. The van der Waals surface area contributed by atoms with Crippen molar-refractivity contribution < 1.29 is 14.3 Å². The Morgan fingerprint density at radius 3 is 2.70 bits per heavy atom. The van der Waals surface area contributed by atoms with Gasteiger partial charge < -0.3 is 4.74 Å². The zero-order chi connectivity index (χ0) is 14.7. The molecule has 1 saturated carbocycles. The first-order chi connectivity index (χ1) is 9.49. The highest BCUT2D eigenvalue weighted by Gasteiger charge is 2.34. The van der Waals surface area contributed by atoms with Crippen molar-refractivity contribution >= 4 is 23.1 Å². The van der Waals surface area contributed by atoms with Crippen LogP contribution in [0.25, 0.3) is 0 Å². The molecule has 20 heavy (non-hydrogen) atoms. The number of thiophene rings is 1. The van der Waals surface area contributed by atoms with Crippen LogP contribution in [-0.4, -0.2) is 17.9 Å². The fourth-order valence-corrected chi connectivity index (χ4v) is 3.60. The third-order valence-corrected chi connectivity index (χ3v) is 5.02. The van der Waals surface area contributed by atoms with Crippen molar-refractivity contribution in [2.24, 2.45) is 17.8 Å². The lowest BCUT2D eigenvalue weighted by molar-refractivity contribution is -0.149. The summed E-state index contributed by atoms with van der Waals surface area (Å²) in [5.74, 6) is 0.181. The van der Waals surface area contributed by atoms with Gasteiger partial charge in [0, 0.05) is 0 Å². The van der Waals surface area contributed by atoms with E-state index in [0.29, 0.717) is 22.6 Å². The molecule has 1 fully saturated rings. The smallest absolute Gasteiger partial charge is 0.380 e. The van der Waals surface area contributed by atoms with Crippen molar-refractivity contribution in [3.05, 3.63) is 22.4 Å². The van der Waals surface area contributed by atoms with Gasteiger partial charge in [0.25, 0.3) is 5.78 Å². The highest BCUT2D eigenvalue weighted by atomic mass is 32.1. The summed E-state index contributed by atoms with van der Waals surface area (Å²) in [6, 6.07) is 3.43. The molecule has 0 N–H and O–H groups in total. The number of carbonyl (C=O) groups excluding carboxylic acids is 2. The van der Waals surface area contributed by atoms with Gasteiger partial charge in [-0.25, -0.2) is 4.79 Å². The van der Waals surface area contributed by atoms with E-state index in [1.807, 2.05) is 0 Å². The summed E-state index contributed by atoms with van der Waals surface area (Å²) in [5, 5.41) is 1.79. The van der Waals surface area contributed by atoms with Crippen LogP contribution in [0.2, 0.25) is 0 Å². The zero-order valence-electron chi connectivity index (χ0n) is 12.3. The molecule has 2 rings (SSSR count). The molecule has 0 unspecified atom stereocenters. The topological polar surface area (TPSA) is 43.4 Å². The molecule has 0 saturated heterocycles. The van der Waals surface area contributed by atoms with E-state index in [-0.39, 0.29) is 6.10 Å². The van der Waals surface area contributed by atoms with Crippen molar-refractivity contribution in [1.29, 1.82) is 0 Å². The van der Waals surface area contributed by atoms with Crippen LogP contribution in [0.3, 0.4) is 0 Å². The Balaban J connectivity index is 2.02. The van der Waals surface area contributed by atoms with Crippen molar-refractivity contribution in [2.45, 2.75) is 46.1 Å². The average Bonchev–Trinajstić information content (AvgIpc) is 2.91. The minimum Gasteiger partial charge on any atom is -0.456 e. The van der Waals surface area contributed by atoms with Crippen molar-refractivity contribution in [2.75, 3.05) is 0 Å². The molecular formula is C16H22O3S. The predicted octanol–water partition coefficient (Wildman–Crippen LogP) is 3.93. The Hall–Kier alpha value is -1.16. The molecular weight excluding hydrogens is 272 g/mol. The van der Waals surface area contributed by atoms with Crippen LogP contribution in [0.15, 0.2) is 17.5 Å². The van der Waals surface area contributed by atoms with Gasteiger partial charge in [0.15, 0.2) is 0 Å². The third-order valence-electron chi connectivity index (χ3n) is 4.15. The van der Waals surface area contributed by atoms with E-state index >= 15 is 0 Å². The molecule has 0 radical (unpaired) electrons. The Morgan fingerprint density at radius 2 is 2.10 bits per heavy atom. The first-order valence-electron chi connectivity index (χ1n) is 7.27. The largest absolute Gasteiger partial charge is 0.456 e. The quantitative estimate of drug-likeness (QED) is 0.480. The lowest BCUT2D eigenvalue weighted by Crippen LogP contribution is -2.37. The maximum Gasteiger partial charge on any atom is 0.380 e. The molecule has 0 aromatic carbocycles. The van der Waals surface area contributed by atoms with Gasteiger partial charge in [0.1, 0.15) is 6.10 Å². The number of Topliss-reactive ketones (excluding diaryl/α,β-unsaturated/α-hetero) is 1. The van der Waals surface area contributed by atoms with Crippen LogP contribution in [0.4, 0.5) is 0 Å². The molecule has 4 heteroatoms. The van der Waals surface area contributed by atoms with Crippen molar-refractivity contribution in [3.8, 4) is 0 Å². The van der Waals surface area contributed by atoms with Gasteiger partial charge >= 0.3 is 5.97 Å². The Morgan fingerprint density at radius 1 is 1.35 bits per heavy atom. The minimum absolute atomic E-state index is 0.116. The number of rotatable bonds is 4. The molecule has 110 valence electrons. The molecule has 1 aliphatic rings. The van der Waals surface area contributed by atoms with Crippen LogP contribution in [0, 0.1) is 17.8 Å². The summed E-state index contributed by atoms with van der Waals surface area (Å²) in [7, 11) is 0. The summed E-state index contributed by atoms with van der Waals surface area (Å²) < 4.78 is 5.54. The Bertz CT molecular complexity index is 464. The molecule has 1 heterocycles. The molecule has 0 aliphatic heterocycles. The van der Waals surface area contributed by atoms with Crippen LogP contribution < -0.4 is 0 Å². The maximum atomic E-state index is 12.0. The van der Waals surface area contributed by atoms with Crippen LogP contribution in [0.1, 0.15) is 49.7 Å². The summed E-state index contributed by atoms with van der Waals surface area (Å²) in [5.41, 5.74) is 0. The SMILES string of the molecule is CC(C)[C@@H]1CC[C@@H](C)C[C@@H]1OC(=O)C(=O)c1cccs1. The van der Waals surface area contributed by atoms with Crippen LogP contribution in [0.5, 0.6) is 0 Å². The van der Waals surface area contributed by atoms with Crippen molar-refractivity contribution in [1.82, 2.24) is 0 Å². The highest BCUT2D eigenvalue weighted by molar-refractivity contribution is 7.12. The molecule has 3 atom stereocenters. The second kappa shape index (κ2) is 6.53. The van der Waals surface area contributed by atoms with E-state index in [2.05, 4.69) is 20.8 Å². The Kier molecular flexibility index (Phi) is 4.97. The lowest BCUT2D eigenvalue weighted by Gasteiger charge is -2.36. The molecule has 1 aromatic heterocycles. The zero-order valence-corrected chi connectivity index (χ0v) is 13.1. The molecule has 1 aromatic rings. The molecule has 0 spiro atoms. The van der Waals surface area contributed by atoms with E-state index in [1.54, 1.807) is 17.5 Å². The van der Waals surface area contributed by atoms with E-state index in [4.69, 9.17) is 4.74 Å². The fraction of sp³-hybridized carbons (Fsp3) is 0.625. The number of ether oxygens (including phenoxy) is 1. The van der Waals surface area contributed by atoms with Gasteiger partial charge in [-0.15, -0.1) is 11.3 Å². The maximum absolute atomic E-state index is 12.0. The van der Waals surface area contributed by atoms with E-state index < -0.39 is 11.8 Å².